The number of hydrogen-bond donors (Lipinski definition) is 1. The molecule has 3 rings (SSSR count). The number of nitrogens with zero attached hydrogens (tertiary/aromatic N) is 1. The van der Waals surface area contributed by atoms with Crippen LogP contribution in [0.15, 0.2) is 36.4 Å². The molecule has 0 saturated carbocycles. The van der Waals surface area contributed by atoms with Gasteiger partial charge in [0, 0.05) is 18.7 Å². The van der Waals surface area contributed by atoms with Gasteiger partial charge in [-0.15, -0.1) is 0 Å². The Morgan fingerprint density at radius 2 is 1.74 bits per heavy atom. The Bertz CT molecular complexity index is 986. The minimum absolute atomic E-state index is 0.285. The number of carbonyl (C=O) groups excluding carboxylic acids is 3. The summed E-state index contributed by atoms with van der Waals surface area (Å²) in [5.74, 6) is 0.316. The lowest BCUT2D eigenvalue weighted by Gasteiger charge is -2.12. The quantitative estimate of drug-likeness (QED) is 0.586. The van der Waals surface area contributed by atoms with E-state index in [0.717, 1.165) is 24.8 Å². The highest BCUT2D eigenvalue weighted by Gasteiger charge is 2.35. The van der Waals surface area contributed by atoms with Gasteiger partial charge in [-0.3, -0.25) is 19.3 Å². The molecule has 1 N–H and O–H groups in total. The van der Waals surface area contributed by atoms with Gasteiger partial charge < -0.3 is 14.8 Å². The minimum atomic E-state index is -0.337. The molecule has 7 heteroatoms. The monoisotopic (exact) mass is 424 g/mol. The Morgan fingerprint density at radius 1 is 0.968 bits per heavy atom. The molecule has 0 saturated heterocycles. The molecule has 0 aliphatic carbocycles. The molecule has 0 atom stereocenters. The Labute approximate surface area is 182 Å². The molecule has 0 aromatic heterocycles. The molecule has 164 valence electrons. The molecule has 2 aromatic rings. The summed E-state index contributed by atoms with van der Waals surface area (Å²) in [5, 5.41) is 2.85. The Kier molecular flexibility index (Phi) is 7.28. The van der Waals surface area contributed by atoms with E-state index in [9.17, 15) is 14.4 Å². The van der Waals surface area contributed by atoms with Gasteiger partial charge in [-0.25, -0.2) is 0 Å². The summed E-state index contributed by atoms with van der Waals surface area (Å²) in [7, 11) is 1.57. The minimum Gasteiger partial charge on any atom is -0.493 e. The Hall–Kier alpha value is -3.35. The molecular weight excluding hydrogens is 396 g/mol. The second kappa shape index (κ2) is 10.1. The number of methoxy groups -OCH3 is 1. The van der Waals surface area contributed by atoms with Crippen molar-refractivity contribution in [3.63, 3.8) is 0 Å². The number of nitrogens with one attached hydrogen (secondary N) is 1. The van der Waals surface area contributed by atoms with Crippen molar-refractivity contribution < 1.29 is 23.9 Å². The van der Waals surface area contributed by atoms with Crippen LogP contribution in [0.25, 0.3) is 0 Å². The molecule has 0 spiro atoms. The first-order chi connectivity index (χ1) is 15.0. The van der Waals surface area contributed by atoms with Gasteiger partial charge in [0.15, 0.2) is 11.5 Å². The highest BCUT2D eigenvalue weighted by molar-refractivity contribution is 6.22. The molecule has 0 fully saturated rings. The van der Waals surface area contributed by atoms with Gasteiger partial charge in [-0.2, -0.15) is 0 Å². The standard InChI is InChI=1S/C24H28N2O5/c1-4-6-11-26-23(28)18-9-8-17(14-19(18)24(26)29)22(27)25-15-16-7-10-20(31-12-5-2)21(13-16)30-3/h7-10,13-14H,4-6,11-12,15H2,1-3H3,(H,25,27). The van der Waals surface area contributed by atoms with Crippen molar-refractivity contribution >= 4 is 17.7 Å². The first kappa shape index (κ1) is 22.3. The normalized spacial score (nSPS) is 12.7. The number of ether oxygens (including phenoxy) is 2. The third kappa shape index (κ3) is 4.87. The molecule has 3 amide bonds. The predicted octanol–water partition coefficient (Wildman–Crippen LogP) is 3.81. The predicted molar refractivity (Wildman–Crippen MR) is 117 cm³/mol. The van der Waals surface area contributed by atoms with Crippen LogP contribution in [0.2, 0.25) is 0 Å². The fourth-order valence-corrected chi connectivity index (χ4v) is 3.39. The summed E-state index contributed by atoms with van der Waals surface area (Å²) in [4.78, 5) is 38.9. The first-order valence-corrected chi connectivity index (χ1v) is 10.6. The molecular formula is C24H28N2O5. The van der Waals surface area contributed by atoms with Gasteiger partial charge in [-0.05, 0) is 48.7 Å². The van der Waals surface area contributed by atoms with Crippen LogP contribution >= 0.6 is 0 Å². The van der Waals surface area contributed by atoms with Gasteiger partial charge in [-0.1, -0.05) is 26.3 Å². The van der Waals surface area contributed by atoms with E-state index in [1.54, 1.807) is 19.2 Å². The molecule has 0 radical (unpaired) electrons. The first-order valence-electron chi connectivity index (χ1n) is 10.6. The second-order valence-electron chi connectivity index (χ2n) is 7.39. The number of imide groups is 1. The van der Waals surface area contributed by atoms with Crippen LogP contribution in [0.1, 0.15) is 69.7 Å². The lowest BCUT2D eigenvalue weighted by Crippen LogP contribution is -2.30. The fourth-order valence-electron chi connectivity index (χ4n) is 3.39. The number of benzene rings is 2. The van der Waals surface area contributed by atoms with E-state index >= 15 is 0 Å². The van der Waals surface area contributed by atoms with Crippen LogP contribution < -0.4 is 14.8 Å². The van der Waals surface area contributed by atoms with E-state index < -0.39 is 0 Å². The maximum absolute atomic E-state index is 12.6. The Morgan fingerprint density at radius 3 is 2.45 bits per heavy atom. The van der Waals surface area contributed by atoms with E-state index in [4.69, 9.17) is 9.47 Å². The lowest BCUT2D eigenvalue weighted by molar-refractivity contribution is 0.0652. The van der Waals surface area contributed by atoms with Crippen molar-refractivity contribution in [3.8, 4) is 11.5 Å². The van der Waals surface area contributed by atoms with Crippen molar-refractivity contribution in [2.24, 2.45) is 0 Å². The summed E-state index contributed by atoms with van der Waals surface area (Å²) in [6, 6.07) is 10.1. The van der Waals surface area contributed by atoms with E-state index in [1.807, 2.05) is 32.0 Å². The Balaban J connectivity index is 1.68. The number of unbranched alkanes of at least 4 members (excludes halogenated alkanes) is 1. The summed E-state index contributed by atoms with van der Waals surface area (Å²) < 4.78 is 11.0. The van der Waals surface area contributed by atoms with Gasteiger partial charge in [0.05, 0.1) is 24.8 Å². The zero-order chi connectivity index (χ0) is 22.4. The van der Waals surface area contributed by atoms with Gasteiger partial charge in [0.25, 0.3) is 17.7 Å². The van der Waals surface area contributed by atoms with Crippen molar-refractivity contribution in [1.82, 2.24) is 10.2 Å². The van der Waals surface area contributed by atoms with Crippen LogP contribution in [-0.2, 0) is 6.54 Å². The summed E-state index contributed by atoms with van der Waals surface area (Å²) in [5.41, 5.74) is 1.83. The topological polar surface area (TPSA) is 84.9 Å². The fraction of sp³-hybridized carbons (Fsp3) is 0.375. The molecule has 1 aliphatic heterocycles. The average molecular weight is 424 g/mol. The maximum Gasteiger partial charge on any atom is 0.261 e. The van der Waals surface area contributed by atoms with Crippen molar-refractivity contribution in [2.45, 2.75) is 39.7 Å². The third-order valence-corrected chi connectivity index (χ3v) is 5.11. The SMILES string of the molecule is CCCCN1C(=O)c2ccc(C(=O)NCc3ccc(OCCC)c(OC)c3)cc2C1=O. The molecule has 1 aliphatic rings. The summed E-state index contributed by atoms with van der Waals surface area (Å²) in [6.07, 6.45) is 2.54. The zero-order valence-electron chi connectivity index (χ0n) is 18.2. The van der Waals surface area contributed by atoms with Crippen LogP contribution in [0, 0.1) is 0 Å². The second-order valence-corrected chi connectivity index (χ2v) is 7.39. The van der Waals surface area contributed by atoms with Crippen LogP contribution in [-0.4, -0.2) is 42.9 Å². The van der Waals surface area contributed by atoms with Gasteiger partial charge in [0.1, 0.15) is 0 Å². The van der Waals surface area contributed by atoms with E-state index in [2.05, 4.69) is 5.32 Å². The van der Waals surface area contributed by atoms with Gasteiger partial charge in [0.2, 0.25) is 0 Å². The molecule has 0 unspecified atom stereocenters. The molecule has 7 nitrogen and oxygen atoms in total. The van der Waals surface area contributed by atoms with Gasteiger partial charge >= 0.3 is 0 Å². The highest BCUT2D eigenvalue weighted by Crippen LogP contribution is 2.28. The lowest BCUT2D eigenvalue weighted by atomic mass is 10.1. The van der Waals surface area contributed by atoms with Crippen LogP contribution in [0.4, 0.5) is 0 Å². The largest absolute Gasteiger partial charge is 0.493 e. The van der Waals surface area contributed by atoms with Crippen molar-refractivity contribution in [1.29, 1.82) is 0 Å². The third-order valence-electron chi connectivity index (χ3n) is 5.11. The van der Waals surface area contributed by atoms with E-state index in [1.165, 1.54) is 11.0 Å². The number of fused-ring (bicyclic) bond motifs is 1. The number of carbonyl (C=O) groups is 3. The van der Waals surface area contributed by atoms with Crippen molar-refractivity contribution in [3.05, 3.63) is 58.7 Å². The summed E-state index contributed by atoms with van der Waals surface area (Å²) >= 11 is 0. The molecule has 1 heterocycles. The zero-order valence-corrected chi connectivity index (χ0v) is 18.2. The highest BCUT2D eigenvalue weighted by atomic mass is 16.5. The van der Waals surface area contributed by atoms with Crippen LogP contribution in [0.5, 0.6) is 11.5 Å². The molecule has 2 aromatic carbocycles. The van der Waals surface area contributed by atoms with E-state index in [0.29, 0.717) is 35.8 Å². The van der Waals surface area contributed by atoms with Crippen molar-refractivity contribution in [2.75, 3.05) is 20.3 Å². The van der Waals surface area contributed by atoms with Crippen LogP contribution in [0.3, 0.4) is 0 Å². The number of amides is 3. The summed E-state index contributed by atoms with van der Waals surface area (Å²) in [6.45, 7) is 5.31. The maximum atomic E-state index is 12.6. The number of hydrogen-bond acceptors (Lipinski definition) is 5. The smallest absolute Gasteiger partial charge is 0.261 e. The average Bonchev–Trinajstić information content (AvgIpc) is 3.03. The number of rotatable bonds is 10. The van der Waals surface area contributed by atoms with E-state index in [-0.39, 0.29) is 29.8 Å². The molecule has 0 bridgehead atoms. The molecule has 31 heavy (non-hydrogen) atoms.